The van der Waals surface area contributed by atoms with Crippen molar-refractivity contribution < 1.29 is 13.2 Å². The van der Waals surface area contributed by atoms with E-state index in [1.54, 1.807) is 16.7 Å². The van der Waals surface area contributed by atoms with Crippen molar-refractivity contribution in [3.05, 3.63) is 30.3 Å². The summed E-state index contributed by atoms with van der Waals surface area (Å²) in [4.78, 5) is 14.8. The van der Waals surface area contributed by atoms with E-state index in [0.29, 0.717) is 13.1 Å². The molecule has 0 aromatic heterocycles. The lowest BCUT2D eigenvalue weighted by atomic mass is 10.1. The summed E-state index contributed by atoms with van der Waals surface area (Å²) in [6, 6.07) is 10.1. The highest BCUT2D eigenvalue weighted by Gasteiger charge is 2.31. The molecule has 1 amide bonds. The van der Waals surface area contributed by atoms with Gasteiger partial charge in [-0.3, -0.25) is 4.79 Å². The minimum absolute atomic E-state index is 0.0324. The molecule has 0 spiro atoms. The average Bonchev–Trinajstić information content (AvgIpc) is 2.74. The van der Waals surface area contributed by atoms with E-state index < -0.39 is 9.05 Å². The van der Waals surface area contributed by atoms with Gasteiger partial charge < -0.3 is 4.90 Å². The van der Waals surface area contributed by atoms with Crippen LogP contribution in [-0.4, -0.2) is 43.8 Å². The van der Waals surface area contributed by atoms with Crippen LogP contribution in [0.15, 0.2) is 35.2 Å². The zero-order valence-corrected chi connectivity index (χ0v) is 14.0. The number of hydrogen-bond acceptors (Lipinski definition) is 4. The van der Waals surface area contributed by atoms with Gasteiger partial charge in [-0.1, -0.05) is 18.2 Å². The zero-order valence-electron chi connectivity index (χ0n) is 11.6. The second kappa shape index (κ2) is 7.51. The molecule has 4 nitrogen and oxygen atoms in total. The summed E-state index contributed by atoms with van der Waals surface area (Å²) < 4.78 is 22.1. The SMILES string of the molecule is O=C1CC(CS(=O)(=O)Cl)CN1CCCSc1ccccc1. The van der Waals surface area contributed by atoms with E-state index in [1.807, 2.05) is 18.2 Å². The molecule has 2 rings (SSSR count). The Morgan fingerprint density at radius 1 is 1.29 bits per heavy atom. The van der Waals surface area contributed by atoms with Gasteiger partial charge in [-0.2, -0.15) is 0 Å². The number of likely N-dealkylation sites (tertiary alicyclic amines) is 1. The number of hydrogen-bond donors (Lipinski definition) is 0. The molecule has 0 saturated carbocycles. The highest BCUT2D eigenvalue weighted by Crippen LogP contribution is 2.22. The van der Waals surface area contributed by atoms with Crippen molar-refractivity contribution in [3.8, 4) is 0 Å². The number of rotatable bonds is 7. The molecule has 1 fully saturated rings. The number of carbonyl (C=O) groups excluding carboxylic acids is 1. The van der Waals surface area contributed by atoms with Crippen molar-refractivity contribution in [2.24, 2.45) is 5.92 Å². The number of carbonyl (C=O) groups is 1. The summed E-state index contributed by atoms with van der Waals surface area (Å²) in [5.41, 5.74) is 0. The standard InChI is InChI=1S/C14H18ClNO3S2/c15-21(18,19)11-12-9-14(17)16(10-12)7-4-8-20-13-5-2-1-3-6-13/h1-3,5-6,12H,4,7-11H2. The summed E-state index contributed by atoms with van der Waals surface area (Å²) in [7, 11) is 1.72. The van der Waals surface area contributed by atoms with E-state index in [1.165, 1.54) is 4.90 Å². The van der Waals surface area contributed by atoms with Crippen molar-refractivity contribution >= 4 is 37.4 Å². The van der Waals surface area contributed by atoms with Crippen molar-refractivity contribution in [3.63, 3.8) is 0 Å². The molecule has 0 aliphatic carbocycles. The van der Waals surface area contributed by atoms with Gasteiger partial charge in [0, 0.05) is 41.0 Å². The number of nitrogens with zero attached hydrogens (tertiary/aromatic N) is 1. The highest BCUT2D eigenvalue weighted by atomic mass is 35.7. The lowest BCUT2D eigenvalue weighted by molar-refractivity contribution is -0.127. The summed E-state index contributed by atoms with van der Waals surface area (Å²) in [6.07, 6.45) is 1.18. The van der Waals surface area contributed by atoms with Crippen LogP contribution in [0, 0.1) is 5.92 Å². The molecule has 21 heavy (non-hydrogen) atoms. The lowest BCUT2D eigenvalue weighted by Crippen LogP contribution is -2.27. The minimum Gasteiger partial charge on any atom is -0.342 e. The molecule has 1 saturated heterocycles. The Balaban J connectivity index is 1.70. The Morgan fingerprint density at radius 2 is 2.00 bits per heavy atom. The zero-order chi connectivity index (χ0) is 15.3. The Bertz CT molecular complexity index is 577. The van der Waals surface area contributed by atoms with Crippen molar-refractivity contribution in [1.82, 2.24) is 4.90 Å². The van der Waals surface area contributed by atoms with Gasteiger partial charge in [0.05, 0.1) is 5.75 Å². The van der Waals surface area contributed by atoms with Crippen LogP contribution in [-0.2, 0) is 13.8 Å². The van der Waals surface area contributed by atoms with Crippen LogP contribution in [0.1, 0.15) is 12.8 Å². The quantitative estimate of drug-likeness (QED) is 0.432. The minimum atomic E-state index is -3.53. The molecule has 1 atom stereocenters. The predicted molar refractivity (Wildman–Crippen MR) is 86.1 cm³/mol. The monoisotopic (exact) mass is 347 g/mol. The fourth-order valence-corrected chi connectivity index (χ4v) is 4.60. The van der Waals surface area contributed by atoms with E-state index >= 15 is 0 Å². The Hall–Kier alpha value is -0.720. The fourth-order valence-electron chi connectivity index (χ4n) is 2.43. The first-order chi connectivity index (χ1) is 9.94. The second-order valence-corrected chi connectivity index (χ2v) is 9.12. The van der Waals surface area contributed by atoms with Crippen LogP contribution in [0.25, 0.3) is 0 Å². The third-order valence-electron chi connectivity index (χ3n) is 3.31. The number of amides is 1. The van der Waals surface area contributed by atoms with Gasteiger partial charge in [-0.05, 0) is 24.3 Å². The third kappa shape index (κ3) is 5.88. The Kier molecular flexibility index (Phi) is 5.96. The highest BCUT2D eigenvalue weighted by molar-refractivity contribution is 8.13. The van der Waals surface area contributed by atoms with Gasteiger partial charge in [0.2, 0.25) is 15.0 Å². The smallest absolute Gasteiger partial charge is 0.232 e. The van der Waals surface area contributed by atoms with Gasteiger partial charge in [0.25, 0.3) is 0 Å². The number of benzene rings is 1. The first-order valence-electron chi connectivity index (χ1n) is 6.82. The normalized spacial score (nSPS) is 19.2. The van der Waals surface area contributed by atoms with E-state index in [2.05, 4.69) is 12.1 Å². The van der Waals surface area contributed by atoms with Crippen molar-refractivity contribution in [2.45, 2.75) is 17.7 Å². The van der Waals surface area contributed by atoms with Crippen LogP contribution in [0.4, 0.5) is 0 Å². The van der Waals surface area contributed by atoms with Gasteiger partial charge in [0.1, 0.15) is 0 Å². The molecule has 1 heterocycles. The predicted octanol–water partition coefficient (Wildman–Crippen LogP) is 2.59. The van der Waals surface area contributed by atoms with Gasteiger partial charge in [0.15, 0.2) is 0 Å². The van der Waals surface area contributed by atoms with Gasteiger partial charge in [-0.15, -0.1) is 11.8 Å². The third-order valence-corrected chi connectivity index (χ3v) is 5.66. The number of halogens is 1. The van der Waals surface area contributed by atoms with Crippen LogP contribution >= 0.6 is 22.4 Å². The molecule has 1 aliphatic heterocycles. The topological polar surface area (TPSA) is 54.5 Å². The van der Waals surface area contributed by atoms with Gasteiger partial charge >= 0.3 is 0 Å². The molecule has 1 aromatic rings. The van der Waals surface area contributed by atoms with Crippen molar-refractivity contribution in [1.29, 1.82) is 0 Å². The summed E-state index contributed by atoms with van der Waals surface area (Å²) in [6.45, 7) is 1.18. The maximum Gasteiger partial charge on any atom is 0.232 e. The Labute approximate surface area is 134 Å². The van der Waals surface area contributed by atoms with E-state index in [9.17, 15) is 13.2 Å². The fraction of sp³-hybridized carbons (Fsp3) is 0.500. The lowest BCUT2D eigenvalue weighted by Gasteiger charge is -2.16. The molecule has 116 valence electrons. The molecular formula is C14H18ClNO3S2. The molecule has 0 radical (unpaired) electrons. The van der Waals surface area contributed by atoms with E-state index in [4.69, 9.17) is 10.7 Å². The molecule has 0 N–H and O–H groups in total. The van der Waals surface area contributed by atoms with Crippen LogP contribution in [0.2, 0.25) is 0 Å². The molecule has 1 aliphatic rings. The van der Waals surface area contributed by atoms with Crippen molar-refractivity contribution in [2.75, 3.05) is 24.6 Å². The summed E-state index contributed by atoms with van der Waals surface area (Å²) in [5.74, 6) is 0.689. The van der Waals surface area contributed by atoms with E-state index in [-0.39, 0.29) is 24.0 Å². The maximum atomic E-state index is 11.8. The first kappa shape index (κ1) is 16.6. The number of thioether (sulfide) groups is 1. The Morgan fingerprint density at radius 3 is 2.67 bits per heavy atom. The molecular weight excluding hydrogens is 330 g/mol. The van der Waals surface area contributed by atoms with Gasteiger partial charge in [-0.25, -0.2) is 8.42 Å². The second-order valence-electron chi connectivity index (χ2n) is 5.13. The van der Waals surface area contributed by atoms with Crippen LogP contribution in [0.5, 0.6) is 0 Å². The molecule has 1 unspecified atom stereocenters. The average molecular weight is 348 g/mol. The van der Waals surface area contributed by atoms with Crippen LogP contribution in [0.3, 0.4) is 0 Å². The largest absolute Gasteiger partial charge is 0.342 e. The molecule has 7 heteroatoms. The molecule has 1 aromatic carbocycles. The van der Waals surface area contributed by atoms with Crippen LogP contribution < -0.4 is 0 Å². The maximum absolute atomic E-state index is 11.8. The molecule has 0 bridgehead atoms. The first-order valence-corrected chi connectivity index (χ1v) is 10.3. The summed E-state index contributed by atoms with van der Waals surface area (Å²) in [5, 5.41) is 0. The summed E-state index contributed by atoms with van der Waals surface area (Å²) >= 11 is 1.76. The van der Waals surface area contributed by atoms with E-state index in [0.717, 1.165) is 12.2 Å².